The summed E-state index contributed by atoms with van der Waals surface area (Å²) in [6.45, 7) is 7.70. The maximum atomic E-state index is 12.9. The van der Waals surface area contributed by atoms with E-state index < -0.39 is 7.75 Å². The van der Waals surface area contributed by atoms with Gasteiger partial charge in [0, 0.05) is 25.5 Å². The molecule has 0 aliphatic rings. The molecule has 0 aromatic carbocycles. The number of pyridine rings is 1. The maximum Gasteiger partial charge on any atom is 0.408 e. The van der Waals surface area contributed by atoms with Crippen LogP contribution in [-0.2, 0) is 20.2 Å². The first-order chi connectivity index (χ1) is 9.66. The Bertz CT molecular complexity index is 404. The van der Waals surface area contributed by atoms with Crippen LogP contribution in [0.5, 0.6) is 0 Å². The van der Waals surface area contributed by atoms with E-state index in [2.05, 4.69) is 11.9 Å². The van der Waals surface area contributed by atoms with Crippen molar-refractivity contribution in [3.8, 4) is 0 Å². The largest absolute Gasteiger partial charge is 0.408 e. The highest BCUT2D eigenvalue weighted by Gasteiger charge is 2.32. The lowest BCUT2D eigenvalue weighted by molar-refractivity contribution is 0.163. The molecule has 1 rings (SSSR count). The molecule has 0 spiro atoms. The summed E-state index contributed by atoms with van der Waals surface area (Å²) >= 11 is 0. The first-order valence-corrected chi connectivity index (χ1v) is 8.69. The first kappa shape index (κ1) is 17.3. The van der Waals surface area contributed by atoms with Crippen LogP contribution in [0, 0.1) is 0 Å². The predicted molar refractivity (Wildman–Crippen MR) is 80.4 cm³/mol. The zero-order chi connectivity index (χ0) is 14.8. The molecule has 0 amide bonds. The summed E-state index contributed by atoms with van der Waals surface area (Å²) in [6, 6.07) is 3.84. The quantitative estimate of drug-likeness (QED) is 0.614. The van der Waals surface area contributed by atoms with Crippen LogP contribution in [-0.4, -0.2) is 29.4 Å². The summed E-state index contributed by atoms with van der Waals surface area (Å²) in [5.74, 6) is 0. The number of nitrogens with zero attached hydrogens (tertiary/aromatic N) is 2. The van der Waals surface area contributed by atoms with Gasteiger partial charge in [0.1, 0.15) is 0 Å². The highest BCUT2D eigenvalue weighted by molar-refractivity contribution is 7.51. The van der Waals surface area contributed by atoms with Gasteiger partial charge >= 0.3 is 7.75 Å². The third-order valence-corrected chi connectivity index (χ3v) is 4.99. The van der Waals surface area contributed by atoms with Gasteiger partial charge in [-0.15, -0.1) is 0 Å². The van der Waals surface area contributed by atoms with Crippen molar-refractivity contribution in [2.45, 2.75) is 40.2 Å². The molecule has 0 fully saturated rings. The van der Waals surface area contributed by atoms with Crippen LogP contribution in [0.25, 0.3) is 0 Å². The molecular formula is C14H25N2O3P. The third-order valence-electron chi connectivity index (χ3n) is 2.79. The van der Waals surface area contributed by atoms with Crippen LogP contribution in [0.15, 0.2) is 24.5 Å². The molecule has 1 heterocycles. The predicted octanol–water partition coefficient (Wildman–Crippen LogP) is 3.86. The monoisotopic (exact) mass is 300 g/mol. The Morgan fingerprint density at radius 3 is 2.45 bits per heavy atom. The molecule has 0 saturated carbocycles. The number of hydrogen-bond acceptors (Lipinski definition) is 4. The van der Waals surface area contributed by atoms with Crippen molar-refractivity contribution in [3.05, 3.63) is 30.1 Å². The Kier molecular flexibility index (Phi) is 8.00. The Morgan fingerprint density at radius 1 is 1.25 bits per heavy atom. The molecule has 114 valence electrons. The zero-order valence-corrected chi connectivity index (χ0v) is 13.5. The van der Waals surface area contributed by atoms with E-state index >= 15 is 0 Å². The van der Waals surface area contributed by atoms with Gasteiger partial charge in [-0.3, -0.25) is 14.0 Å². The van der Waals surface area contributed by atoms with Crippen molar-refractivity contribution in [1.29, 1.82) is 0 Å². The Hall–Kier alpha value is -0.740. The number of rotatable bonds is 10. The van der Waals surface area contributed by atoms with Gasteiger partial charge < -0.3 is 0 Å². The van der Waals surface area contributed by atoms with Crippen LogP contribution in [0.1, 0.15) is 39.2 Å². The first-order valence-electron chi connectivity index (χ1n) is 7.19. The molecule has 0 radical (unpaired) electrons. The Balaban J connectivity index is 2.87. The molecule has 0 saturated heterocycles. The Morgan fingerprint density at radius 2 is 1.95 bits per heavy atom. The fourth-order valence-electron chi connectivity index (χ4n) is 1.86. The summed E-state index contributed by atoms with van der Waals surface area (Å²) in [7, 11) is -3.22. The summed E-state index contributed by atoms with van der Waals surface area (Å²) in [6.07, 6.45) is 5.48. The smallest absolute Gasteiger partial charge is 0.297 e. The van der Waals surface area contributed by atoms with Crippen LogP contribution in [0.2, 0.25) is 0 Å². The molecule has 5 nitrogen and oxygen atoms in total. The van der Waals surface area contributed by atoms with Crippen LogP contribution >= 0.6 is 7.75 Å². The Labute approximate surface area is 121 Å². The fraction of sp³-hybridized carbons (Fsp3) is 0.643. The number of hydrogen-bond donors (Lipinski definition) is 0. The SMILES string of the molecule is CCCCN(Cc1cccnc1)P(=O)(OCC)OCC. The average Bonchev–Trinajstić information content (AvgIpc) is 2.45. The second-order valence-electron chi connectivity index (χ2n) is 4.41. The summed E-state index contributed by atoms with van der Waals surface area (Å²) in [4.78, 5) is 4.09. The van der Waals surface area contributed by atoms with E-state index in [0.29, 0.717) is 26.3 Å². The van der Waals surface area contributed by atoms with Gasteiger partial charge in [-0.05, 0) is 31.9 Å². The standard InChI is InChI=1S/C14H25N2O3P/c1-4-7-11-16(13-14-9-8-10-15-12-14)20(17,18-5-2)19-6-3/h8-10,12H,4-7,11,13H2,1-3H3. The second kappa shape index (κ2) is 9.24. The van der Waals surface area contributed by atoms with Crippen molar-refractivity contribution < 1.29 is 13.6 Å². The zero-order valence-electron chi connectivity index (χ0n) is 12.6. The van der Waals surface area contributed by atoms with Gasteiger partial charge in [-0.25, -0.2) is 9.24 Å². The minimum Gasteiger partial charge on any atom is -0.297 e. The summed E-state index contributed by atoms with van der Waals surface area (Å²) in [5.41, 5.74) is 1.00. The normalized spacial score (nSPS) is 12.0. The van der Waals surface area contributed by atoms with Gasteiger partial charge in [0.15, 0.2) is 0 Å². The molecule has 0 N–H and O–H groups in total. The van der Waals surface area contributed by atoms with Crippen LogP contribution in [0.3, 0.4) is 0 Å². The molecule has 0 aliphatic heterocycles. The maximum absolute atomic E-state index is 12.9. The van der Waals surface area contributed by atoms with E-state index in [0.717, 1.165) is 18.4 Å². The minimum absolute atomic E-state index is 0.368. The lowest BCUT2D eigenvalue weighted by Gasteiger charge is -2.29. The number of aromatic nitrogens is 1. The van der Waals surface area contributed by atoms with Crippen molar-refractivity contribution in [2.75, 3.05) is 19.8 Å². The van der Waals surface area contributed by atoms with Crippen LogP contribution in [0.4, 0.5) is 0 Å². The topological polar surface area (TPSA) is 51.7 Å². The molecular weight excluding hydrogens is 275 g/mol. The van der Waals surface area contributed by atoms with Gasteiger partial charge in [-0.1, -0.05) is 19.4 Å². The molecule has 1 aromatic heterocycles. The van der Waals surface area contributed by atoms with Gasteiger partial charge in [0.25, 0.3) is 0 Å². The lowest BCUT2D eigenvalue weighted by atomic mass is 10.3. The van der Waals surface area contributed by atoms with Gasteiger partial charge in [-0.2, -0.15) is 0 Å². The minimum atomic E-state index is -3.22. The average molecular weight is 300 g/mol. The fourth-order valence-corrected chi connectivity index (χ4v) is 3.63. The molecule has 0 atom stereocenters. The molecule has 0 unspecified atom stereocenters. The van der Waals surface area contributed by atoms with E-state index in [1.165, 1.54) is 0 Å². The van der Waals surface area contributed by atoms with Gasteiger partial charge in [0.05, 0.1) is 13.2 Å². The second-order valence-corrected chi connectivity index (χ2v) is 6.43. The molecule has 0 aliphatic carbocycles. The van der Waals surface area contributed by atoms with E-state index in [1.807, 2.05) is 26.0 Å². The highest BCUT2D eigenvalue weighted by Crippen LogP contribution is 2.52. The van der Waals surface area contributed by atoms with E-state index in [4.69, 9.17) is 9.05 Å². The molecule has 6 heteroatoms. The van der Waals surface area contributed by atoms with E-state index in [-0.39, 0.29) is 0 Å². The summed E-state index contributed by atoms with van der Waals surface area (Å²) < 4.78 is 25.6. The van der Waals surface area contributed by atoms with Crippen molar-refractivity contribution in [2.24, 2.45) is 0 Å². The molecule has 1 aromatic rings. The van der Waals surface area contributed by atoms with Gasteiger partial charge in [0.2, 0.25) is 0 Å². The van der Waals surface area contributed by atoms with E-state index in [9.17, 15) is 4.57 Å². The van der Waals surface area contributed by atoms with E-state index in [1.54, 1.807) is 17.1 Å². The van der Waals surface area contributed by atoms with Crippen molar-refractivity contribution >= 4 is 7.75 Å². The van der Waals surface area contributed by atoms with Crippen LogP contribution < -0.4 is 0 Å². The molecule has 0 bridgehead atoms. The molecule has 20 heavy (non-hydrogen) atoms. The van der Waals surface area contributed by atoms with Crippen molar-refractivity contribution in [1.82, 2.24) is 9.65 Å². The number of unbranched alkanes of at least 4 members (excludes halogenated alkanes) is 1. The lowest BCUT2D eigenvalue weighted by Crippen LogP contribution is -2.24. The van der Waals surface area contributed by atoms with Crippen molar-refractivity contribution in [3.63, 3.8) is 0 Å². The highest BCUT2D eigenvalue weighted by atomic mass is 31.2. The third kappa shape index (κ3) is 5.33. The summed E-state index contributed by atoms with van der Waals surface area (Å²) in [5, 5.41) is 0.